The number of nitro benzene ring substituents is 1. The monoisotopic (exact) mass is 209 g/mol. The molecule has 0 bridgehead atoms. The van der Waals surface area contributed by atoms with Gasteiger partial charge in [-0.15, -0.1) is 0 Å². The Morgan fingerprint density at radius 1 is 1.33 bits per heavy atom. The Bertz CT molecular complexity index is 332. The van der Waals surface area contributed by atoms with E-state index in [4.69, 9.17) is 0 Å². The molecule has 2 unspecified atom stereocenters. The molecular formula is C11H15NO3. The number of hydrogen-bond acceptors (Lipinski definition) is 3. The first-order valence-electron chi connectivity index (χ1n) is 4.92. The summed E-state index contributed by atoms with van der Waals surface area (Å²) in [5.41, 5.74) is 1.11. The predicted octanol–water partition coefficient (Wildman–Crippen LogP) is 2.15. The Balaban J connectivity index is 2.68. The minimum Gasteiger partial charge on any atom is -0.393 e. The van der Waals surface area contributed by atoms with Crippen LogP contribution in [0.5, 0.6) is 0 Å². The van der Waals surface area contributed by atoms with Gasteiger partial charge >= 0.3 is 0 Å². The third-order valence-corrected chi connectivity index (χ3v) is 2.53. The summed E-state index contributed by atoms with van der Waals surface area (Å²) in [5.74, 6) is 0.159. The van der Waals surface area contributed by atoms with Crippen molar-refractivity contribution in [2.75, 3.05) is 0 Å². The molecule has 0 spiro atoms. The number of hydrogen-bond donors (Lipinski definition) is 1. The van der Waals surface area contributed by atoms with Crippen molar-refractivity contribution in [1.29, 1.82) is 0 Å². The Labute approximate surface area is 88.7 Å². The van der Waals surface area contributed by atoms with Gasteiger partial charge in [0.1, 0.15) is 0 Å². The molecule has 4 heteroatoms. The minimum absolute atomic E-state index is 0.100. The van der Waals surface area contributed by atoms with E-state index in [0.29, 0.717) is 0 Å². The van der Waals surface area contributed by atoms with Gasteiger partial charge in [-0.05, 0) is 24.8 Å². The fourth-order valence-corrected chi connectivity index (χ4v) is 1.30. The Kier molecular flexibility index (Phi) is 3.80. The zero-order chi connectivity index (χ0) is 11.4. The fraction of sp³-hybridized carbons (Fsp3) is 0.455. The van der Waals surface area contributed by atoms with Gasteiger partial charge in [0.2, 0.25) is 0 Å². The van der Waals surface area contributed by atoms with Crippen molar-refractivity contribution >= 4 is 5.69 Å². The van der Waals surface area contributed by atoms with Crippen LogP contribution in [-0.4, -0.2) is 16.1 Å². The van der Waals surface area contributed by atoms with Crippen molar-refractivity contribution in [3.63, 3.8) is 0 Å². The zero-order valence-corrected chi connectivity index (χ0v) is 8.88. The summed E-state index contributed by atoms with van der Waals surface area (Å²) in [5, 5.41) is 19.7. The number of benzene rings is 1. The molecule has 0 aliphatic carbocycles. The average molecular weight is 209 g/mol. The number of nitro groups is 1. The molecule has 82 valence electrons. The Hall–Kier alpha value is -1.42. The van der Waals surface area contributed by atoms with Crippen molar-refractivity contribution in [3.8, 4) is 0 Å². The molecule has 0 aliphatic heterocycles. The SMILES string of the molecule is CC(O)C(C)Cc1ccc([N+](=O)[O-])cc1. The second kappa shape index (κ2) is 4.89. The molecule has 0 radical (unpaired) electrons. The molecular weight excluding hydrogens is 194 g/mol. The fourth-order valence-electron chi connectivity index (χ4n) is 1.30. The molecule has 15 heavy (non-hydrogen) atoms. The standard InChI is InChI=1S/C11H15NO3/c1-8(9(2)13)7-10-3-5-11(6-4-10)12(14)15/h3-6,8-9,13H,7H2,1-2H3. The second-order valence-corrected chi connectivity index (χ2v) is 3.85. The van der Waals surface area contributed by atoms with E-state index in [1.165, 1.54) is 12.1 Å². The minimum atomic E-state index is -0.415. The van der Waals surface area contributed by atoms with Gasteiger partial charge in [-0.3, -0.25) is 10.1 Å². The number of nitrogens with zero attached hydrogens (tertiary/aromatic N) is 1. The van der Waals surface area contributed by atoms with Crippen molar-refractivity contribution in [2.45, 2.75) is 26.4 Å². The molecule has 4 nitrogen and oxygen atoms in total. The van der Waals surface area contributed by atoms with Gasteiger partial charge in [0.25, 0.3) is 5.69 Å². The topological polar surface area (TPSA) is 63.4 Å². The summed E-state index contributed by atoms with van der Waals surface area (Å²) in [6.45, 7) is 3.70. The highest BCUT2D eigenvalue weighted by molar-refractivity contribution is 5.33. The zero-order valence-electron chi connectivity index (χ0n) is 8.88. The van der Waals surface area contributed by atoms with Crippen LogP contribution in [0.2, 0.25) is 0 Å². The summed E-state index contributed by atoms with van der Waals surface area (Å²) in [6.07, 6.45) is 0.371. The van der Waals surface area contributed by atoms with Crippen molar-refractivity contribution in [1.82, 2.24) is 0 Å². The lowest BCUT2D eigenvalue weighted by Crippen LogP contribution is -2.15. The molecule has 0 aliphatic rings. The summed E-state index contributed by atoms with van der Waals surface area (Å²) in [4.78, 5) is 9.99. The molecule has 1 rings (SSSR count). The van der Waals surface area contributed by atoms with Crippen LogP contribution in [0.4, 0.5) is 5.69 Å². The summed E-state index contributed by atoms with van der Waals surface area (Å²) in [6, 6.07) is 6.45. The molecule has 0 fully saturated rings. The van der Waals surface area contributed by atoms with Crippen molar-refractivity contribution in [3.05, 3.63) is 39.9 Å². The summed E-state index contributed by atoms with van der Waals surface area (Å²) < 4.78 is 0. The molecule has 1 aromatic carbocycles. The van der Waals surface area contributed by atoms with E-state index in [0.717, 1.165) is 12.0 Å². The third kappa shape index (κ3) is 3.32. The average Bonchev–Trinajstić information content (AvgIpc) is 2.18. The van der Waals surface area contributed by atoms with Crippen LogP contribution in [0, 0.1) is 16.0 Å². The molecule has 0 heterocycles. The first-order valence-corrected chi connectivity index (χ1v) is 4.92. The first kappa shape index (κ1) is 11.7. The van der Waals surface area contributed by atoms with Crippen LogP contribution in [0.25, 0.3) is 0 Å². The smallest absolute Gasteiger partial charge is 0.269 e. The second-order valence-electron chi connectivity index (χ2n) is 3.85. The van der Waals surface area contributed by atoms with Gasteiger partial charge in [-0.2, -0.15) is 0 Å². The molecule has 1 aromatic rings. The van der Waals surface area contributed by atoms with E-state index in [-0.39, 0.29) is 17.7 Å². The van der Waals surface area contributed by atoms with Crippen LogP contribution in [-0.2, 0) is 6.42 Å². The molecule has 1 N–H and O–H groups in total. The number of aliphatic hydroxyl groups excluding tert-OH is 1. The van der Waals surface area contributed by atoms with Gasteiger partial charge in [-0.25, -0.2) is 0 Å². The van der Waals surface area contributed by atoms with Crippen LogP contribution < -0.4 is 0 Å². The molecule has 0 amide bonds. The Morgan fingerprint density at radius 2 is 1.87 bits per heavy atom. The quantitative estimate of drug-likeness (QED) is 0.610. The van der Waals surface area contributed by atoms with E-state index in [1.54, 1.807) is 19.1 Å². The molecule has 0 saturated heterocycles. The number of aliphatic hydroxyl groups is 1. The number of non-ortho nitro benzene ring substituents is 1. The van der Waals surface area contributed by atoms with E-state index >= 15 is 0 Å². The van der Waals surface area contributed by atoms with Gasteiger partial charge in [0, 0.05) is 12.1 Å². The highest BCUT2D eigenvalue weighted by Crippen LogP contribution is 2.16. The number of rotatable bonds is 4. The van der Waals surface area contributed by atoms with E-state index in [9.17, 15) is 15.2 Å². The highest BCUT2D eigenvalue weighted by atomic mass is 16.6. The maximum absolute atomic E-state index is 10.4. The first-order chi connectivity index (χ1) is 7.00. The predicted molar refractivity (Wildman–Crippen MR) is 57.6 cm³/mol. The maximum Gasteiger partial charge on any atom is 0.269 e. The van der Waals surface area contributed by atoms with Crippen LogP contribution in [0.3, 0.4) is 0 Å². The van der Waals surface area contributed by atoms with Crippen molar-refractivity contribution < 1.29 is 10.0 Å². The Morgan fingerprint density at radius 3 is 2.27 bits per heavy atom. The summed E-state index contributed by atoms with van der Waals surface area (Å²) >= 11 is 0. The lowest BCUT2D eigenvalue weighted by atomic mass is 9.97. The summed E-state index contributed by atoms with van der Waals surface area (Å²) in [7, 11) is 0. The maximum atomic E-state index is 10.4. The van der Waals surface area contributed by atoms with Crippen molar-refractivity contribution in [2.24, 2.45) is 5.92 Å². The van der Waals surface area contributed by atoms with Crippen LogP contribution in [0.15, 0.2) is 24.3 Å². The third-order valence-electron chi connectivity index (χ3n) is 2.53. The molecule has 0 aromatic heterocycles. The largest absolute Gasteiger partial charge is 0.393 e. The van der Waals surface area contributed by atoms with Crippen LogP contribution in [0.1, 0.15) is 19.4 Å². The lowest BCUT2D eigenvalue weighted by molar-refractivity contribution is -0.384. The van der Waals surface area contributed by atoms with E-state index in [1.807, 2.05) is 6.92 Å². The molecule has 2 atom stereocenters. The van der Waals surface area contributed by atoms with Gasteiger partial charge in [0.15, 0.2) is 0 Å². The van der Waals surface area contributed by atoms with E-state index < -0.39 is 4.92 Å². The normalized spacial score (nSPS) is 14.6. The molecule has 0 saturated carbocycles. The van der Waals surface area contributed by atoms with Gasteiger partial charge < -0.3 is 5.11 Å². The highest BCUT2D eigenvalue weighted by Gasteiger charge is 2.10. The van der Waals surface area contributed by atoms with Gasteiger partial charge in [-0.1, -0.05) is 19.1 Å². The lowest BCUT2D eigenvalue weighted by Gasteiger charge is -2.13. The van der Waals surface area contributed by atoms with E-state index in [2.05, 4.69) is 0 Å². The van der Waals surface area contributed by atoms with Crippen LogP contribution >= 0.6 is 0 Å². The van der Waals surface area contributed by atoms with Gasteiger partial charge in [0.05, 0.1) is 11.0 Å².